The lowest BCUT2D eigenvalue weighted by Crippen LogP contribution is -2.42. The van der Waals surface area contributed by atoms with Crippen molar-refractivity contribution in [2.45, 2.75) is 59.0 Å². The molecule has 4 nitrogen and oxygen atoms in total. The highest BCUT2D eigenvalue weighted by atomic mass is 16.5. The molecule has 1 atom stereocenters. The monoisotopic (exact) mass is 256 g/mol. The van der Waals surface area contributed by atoms with Crippen LogP contribution in [0.3, 0.4) is 0 Å². The number of likely N-dealkylation sites (tertiary alicyclic amines) is 1. The minimum absolute atomic E-state index is 0.211. The zero-order valence-corrected chi connectivity index (χ0v) is 12.7. The maximum atomic E-state index is 11.5. The quantitative estimate of drug-likeness (QED) is 0.826. The van der Waals surface area contributed by atoms with Crippen molar-refractivity contribution in [1.29, 1.82) is 0 Å². The largest absolute Gasteiger partial charge is 0.449 e. The van der Waals surface area contributed by atoms with E-state index in [0.717, 1.165) is 19.5 Å². The van der Waals surface area contributed by atoms with Crippen LogP contribution < -0.4 is 5.32 Å². The molecule has 0 saturated carbocycles. The Morgan fingerprint density at radius 3 is 2.33 bits per heavy atom. The number of hydrogen-bond donors (Lipinski definition) is 1. The second-order valence-corrected chi connectivity index (χ2v) is 7.24. The van der Waals surface area contributed by atoms with Crippen LogP contribution >= 0.6 is 0 Å². The molecule has 1 saturated heterocycles. The number of carbonyl (C=O) groups excluding carboxylic acids is 1. The van der Waals surface area contributed by atoms with E-state index >= 15 is 0 Å². The van der Waals surface area contributed by atoms with Crippen molar-refractivity contribution < 1.29 is 9.53 Å². The summed E-state index contributed by atoms with van der Waals surface area (Å²) >= 11 is 0. The van der Waals surface area contributed by atoms with E-state index in [1.54, 1.807) is 0 Å². The molecule has 1 rings (SSSR count). The van der Waals surface area contributed by atoms with Crippen molar-refractivity contribution in [3.05, 3.63) is 0 Å². The van der Waals surface area contributed by atoms with Gasteiger partial charge in [-0.05, 0) is 54.5 Å². The van der Waals surface area contributed by atoms with Gasteiger partial charge in [-0.2, -0.15) is 0 Å². The summed E-state index contributed by atoms with van der Waals surface area (Å²) in [5.74, 6) is 0.468. The first-order chi connectivity index (χ1) is 8.08. The van der Waals surface area contributed by atoms with E-state index in [1.807, 2.05) is 20.8 Å². The standard InChI is InChI=1S/C14H28N2O2/c1-13(2,3)15-12(17)18-10-11-7-8-16(9-11)14(4,5)6/h11H,7-10H2,1-6H3,(H,15,17)/t11-/m1/s1. The zero-order chi connectivity index (χ0) is 14.0. The minimum atomic E-state index is -0.309. The lowest BCUT2D eigenvalue weighted by molar-refractivity contribution is 0.113. The van der Waals surface area contributed by atoms with Crippen molar-refractivity contribution in [2.24, 2.45) is 5.92 Å². The van der Waals surface area contributed by atoms with E-state index in [1.165, 1.54) is 0 Å². The fourth-order valence-corrected chi connectivity index (χ4v) is 2.11. The molecule has 1 aliphatic heterocycles. The Morgan fingerprint density at radius 1 is 1.28 bits per heavy atom. The van der Waals surface area contributed by atoms with E-state index in [-0.39, 0.29) is 17.2 Å². The molecule has 0 spiro atoms. The molecule has 1 fully saturated rings. The van der Waals surface area contributed by atoms with Gasteiger partial charge in [0.15, 0.2) is 0 Å². The van der Waals surface area contributed by atoms with Crippen LogP contribution in [0.1, 0.15) is 48.0 Å². The van der Waals surface area contributed by atoms with Gasteiger partial charge < -0.3 is 10.1 Å². The summed E-state index contributed by atoms with van der Waals surface area (Å²) in [7, 11) is 0. The Balaban J connectivity index is 2.28. The van der Waals surface area contributed by atoms with E-state index in [4.69, 9.17) is 4.74 Å². The van der Waals surface area contributed by atoms with Crippen LogP contribution in [-0.2, 0) is 4.74 Å². The first-order valence-corrected chi connectivity index (χ1v) is 6.78. The molecule has 0 aromatic carbocycles. The third-order valence-corrected chi connectivity index (χ3v) is 3.16. The van der Waals surface area contributed by atoms with Crippen molar-refractivity contribution in [3.8, 4) is 0 Å². The molecule has 0 aromatic rings. The fourth-order valence-electron chi connectivity index (χ4n) is 2.11. The van der Waals surface area contributed by atoms with Crippen LogP contribution in [0, 0.1) is 5.92 Å². The molecule has 1 heterocycles. The minimum Gasteiger partial charge on any atom is -0.449 e. The molecule has 1 amide bonds. The number of carbonyl (C=O) groups is 1. The lowest BCUT2D eigenvalue weighted by atomic mass is 10.1. The van der Waals surface area contributed by atoms with Crippen LogP contribution in [-0.4, -0.2) is 41.8 Å². The van der Waals surface area contributed by atoms with Crippen LogP contribution in [0.4, 0.5) is 4.79 Å². The van der Waals surface area contributed by atoms with E-state index in [2.05, 4.69) is 31.0 Å². The predicted octanol–water partition coefficient (Wildman–Crippen LogP) is 2.63. The number of alkyl carbamates (subject to hydrolysis) is 1. The maximum absolute atomic E-state index is 11.5. The van der Waals surface area contributed by atoms with Gasteiger partial charge in [-0.1, -0.05) is 0 Å². The molecule has 18 heavy (non-hydrogen) atoms. The molecule has 0 aliphatic carbocycles. The Labute approximate surface area is 111 Å². The number of hydrogen-bond acceptors (Lipinski definition) is 3. The van der Waals surface area contributed by atoms with Crippen LogP contribution in [0.5, 0.6) is 0 Å². The highest BCUT2D eigenvalue weighted by Crippen LogP contribution is 2.24. The molecular weight excluding hydrogens is 228 g/mol. The molecule has 1 N–H and O–H groups in total. The fraction of sp³-hybridized carbons (Fsp3) is 0.929. The summed E-state index contributed by atoms with van der Waals surface area (Å²) in [6, 6.07) is 0. The Hall–Kier alpha value is -0.770. The van der Waals surface area contributed by atoms with Gasteiger partial charge in [0.25, 0.3) is 0 Å². The van der Waals surface area contributed by atoms with E-state index in [9.17, 15) is 4.79 Å². The highest BCUT2D eigenvalue weighted by Gasteiger charge is 2.30. The molecule has 1 aliphatic rings. The lowest BCUT2D eigenvalue weighted by Gasteiger charge is -2.31. The second-order valence-electron chi connectivity index (χ2n) is 7.24. The van der Waals surface area contributed by atoms with E-state index in [0.29, 0.717) is 12.5 Å². The smallest absolute Gasteiger partial charge is 0.407 e. The van der Waals surface area contributed by atoms with Gasteiger partial charge in [0, 0.05) is 23.5 Å². The molecule has 0 aromatic heterocycles. The van der Waals surface area contributed by atoms with Crippen LogP contribution in [0.2, 0.25) is 0 Å². The highest BCUT2D eigenvalue weighted by molar-refractivity contribution is 5.68. The normalized spacial score (nSPS) is 22.0. The Kier molecular flexibility index (Phi) is 4.65. The summed E-state index contributed by atoms with van der Waals surface area (Å²) in [6.07, 6.45) is 0.803. The summed E-state index contributed by atoms with van der Waals surface area (Å²) in [4.78, 5) is 14.0. The van der Waals surface area contributed by atoms with Gasteiger partial charge in [0.2, 0.25) is 0 Å². The van der Waals surface area contributed by atoms with Gasteiger partial charge in [-0.3, -0.25) is 4.90 Å². The van der Waals surface area contributed by atoms with Gasteiger partial charge in [0.05, 0.1) is 6.61 Å². The van der Waals surface area contributed by atoms with Gasteiger partial charge >= 0.3 is 6.09 Å². The van der Waals surface area contributed by atoms with Crippen molar-refractivity contribution in [2.75, 3.05) is 19.7 Å². The topological polar surface area (TPSA) is 41.6 Å². The van der Waals surface area contributed by atoms with Crippen LogP contribution in [0.15, 0.2) is 0 Å². The third kappa shape index (κ3) is 5.25. The van der Waals surface area contributed by atoms with Gasteiger partial charge in [-0.15, -0.1) is 0 Å². The van der Waals surface area contributed by atoms with Gasteiger partial charge in [0.1, 0.15) is 0 Å². The predicted molar refractivity (Wildman–Crippen MR) is 73.7 cm³/mol. The van der Waals surface area contributed by atoms with Gasteiger partial charge in [-0.25, -0.2) is 4.79 Å². The Bertz CT molecular complexity index is 289. The maximum Gasteiger partial charge on any atom is 0.407 e. The second kappa shape index (κ2) is 5.47. The number of nitrogens with one attached hydrogen (secondary N) is 1. The summed E-state index contributed by atoms with van der Waals surface area (Å²) in [5.41, 5.74) is -0.0212. The molecule has 0 radical (unpaired) electrons. The number of ether oxygens (including phenoxy) is 1. The summed E-state index contributed by atoms with van der Waals surface area (Å²) in [5, 5.41) is 2.81. The summed E-state index contributed by atoms with van der Waals surface area (Å²) < 4.78 is 5.29. The number of amides is 1. The third-order valence-electron chi connectivity index (χ3n) is 3.16. The average Bonchev–Trinajstić information content (AvgIpc) is 2.59. The molecule has 0 unspecified atom stereocenters. The first kappa shape index (κ1) is 15.3. The number of rotatable bonds is 2. The number of nitrogens with zero attached hydrogens (tertiary/aromatic N) is 1. The Morgan fingerprint density at radius 2 is 1.89 bits per heavy atom. The van der Waals surface area contributed by atoms with Crippen molar-refractivity contribution in [3.63, 3.8) is 0 Å². The zero-order valence-electron chi connectivity index (χ0n) is 12.7. The molecule has 4 heteroatoms. The van der Waals surface area contributed by atoms with Crippen molar-refractivity contribution >= 4 is 6.09 Å². The summed E-state index contributed by atoms with van der Waals surface area (Å²) in [6.45, 7) is 15.2. The first-order valence-electron chi connectivity index (χ1n) is 6.78. The molecule has 0 bridgehead atoms. The average molecular weight is 256 g/mol. The SMILES string of the molecule is CC(C)(C)NC(=O)OC[C@@H]1CCN(C(C)(C)C)C1. The van der Waals surface area contributed by atoms with Crippen LogP contribution in [0.25, 0.3) is 0 Å². The molecule has 106 valence electrons. The molecular formula is C14H28N2O2. The van der Waals surface area contributed by atoms with E-state index < -0.39 is 0 Å². The van der Waals surface area contributed by atoms with Crippen molar-refractivity contribution in [1.82, 2.24) is 10.2 Å².